The van der Waals surface area contributed by atoms with Gasteiger partial charge in [0, 0.05) is 86.1 Å². The number of carboxylic acid groups (broad SMARTS) is 2. The van der Waals surface area contributed by atoms with Crippen LogP contribution in [0.3, 0.4) is 0 Å². The van der Waals surface area contributed by atoms with Gasteiger partial charge in [-0.25, -0.2) is 24.0 Å². The highest BCUT2D eigenvalue weighted by Gasteiger charge is 2.28. The van der Waals surface area contributed by atoms with E-state index in [1.807, 2.05) is 81.9 Å². The van der Waals surface area contributed by atoms with Crippen LogP contribution in [0, 0.1) is 0 Å². The van der Waals surface area contributed by atoms with E-state index in [1.165, 1.54) is 12.8 Å². The smallest absolute Gasteiger partial charge is 0.355 e. The molecule has 105 heavy (non-hydrogen) atoms. The fourth-order valence-electron chi connectivity index (χ4n) is 11.8. The van der Waals surface area contributed by atoms with Crippen LogP contribution in [0.15, 0.2) is 115 Å². The first-order chi connectivity index (χ1) is 50.6. The van der Waals surface area contributed by atoms with E-state index in [0.717, 1.165) is 123 Å². The van der Waals surface area contributed by atoms with Gasteiger partial charge in [-0.1, -0.05) is 15.9 Å². The van der Waals surface area contributed by atoms with Gasteiger partial charge in [0.1, 0.15) is 70.4 Å². The molecule has 14 rings (SSSR count). The molecule has 564 valence electrons. The number of aromatic amines is 1. The van der Waals surface area contributed by atoms with E-state index in [2.05, 4.69) is 54.6 Å². The Morgan fingerprint density at radius 3 is 1.54 bits per heavy atom. The number of nitrogens with one attached hydrogen (secondary N) is 1. The second-order valence-electron chi connectivity index (χ2n) is 23.1. The molecule has 0 aliphatic carbocycles. The molecule has 2 saturated heterocycles. The number of aromatic nitrogens is 5. The van der Waals surface area contributed by atoms with Gasteiger partial charge in [0.2, 0.25) is 0 Å². The highest BCUT2D eigenvalue weighted by atomic mass is 79.9. The number of rotatable bonds is 19. The van der Waals surface area contributed by atoms with Gasteiger partial charge in [-0.05, 0) is 194 Å². The van der Waals surface area contributed by atoms with Crippen molar-refractivity contribution in [2.75, 3.05) is 93.7 Å². The number of cyclic esters (lactones) is 2. The van der Waals surface area contributed by atoms with Crippen LogP contribution in [0.4, 0.5) is 0 Å². The Labute approximate surface area is 626 Å². The van der Waals surface area contributed by atoms with Crippen molar-refractivity contribution in [3.63, 3.8) is 0 Å². The molecule has 0 spiro atoms. The number of esters is 3. The van der Waals surface area contributed by atoms with Crippen molar-refractivity contribution >= 4 is 145 Å². The van der Waals surface area contributed by atoms with Gasteiger partial charge < -0.3 is 95.4 Å². The predicted octanol–water partition coefficient (Wildman–Crippen LogP) is 14.8. The number of benzene rings is 5. The summed E-state index contributed by atoms with van der Waals surface area (Å²) in [5.41, 5.74) is 6.63. The van der Waals surface area contributed by atoms with E-state index in [9.17, 15) is 38.4 Å². The number of aliphatic hydroxyl groups is 1. The zero-order valence-corrected chi connectivity index (χ0v) is 63.2. The lowest BCUT2D eigenvalue weighted by Gasteiger charge is -2.23. The molecule has 2 fully saturated rings. The van der Waals surface area contributed by atoms with Crippen molar-refractivity contribution in [1.82, 2.24) is 23.3 Å². The number of carbonyl (C=O) groups is 6. The summed E-state index contributed by atoms with van der Waals surface area (Å²) < 4.78 is 79.2. The van der Waals surface area contributed by atoms with Gasteiger partial charge in [0.25, 0.3) is 0 Å². The standard InChI is InChI=1S/C17H21NO5.C13H11NO4.C12H13NO4.C12H11NO3.C12H13NO3.C7H13BrO2.Cl3OP/c1-21-13-5-6-14-12(10-13)11-15(17(19)20)18(14)7-9-23-16-4-2-3-8-22-16;1-17-8-2-3-11-9(6-8)10(7-15)12-13(16)18-5-4-14(11)12;1-17-9-2-3-10-8(6-9)7-11(12(15)16)13(10)4-5-14;1-15-9-2-3-10-8(6-9)7-11-12(14)16-5-4-13(10)11;1-3-16-12(14)11-7-8-6-9(15-2)4-5-10(8)13-11;8-4-6-10-7-3-1-2-5-9-7;1-5(2,3)4/h5-6,10-11,16H,2-4,7-9H2,1H3,(H,19,20);2-3,6-7H,4-5H2,1H3;2-3,6-7,14H,4-5H2,1H3,(H,15,16);2-3,6-7H,4-5H2,1H3;4-7,13H,3H2,1-2H3;7H,1-6H2;. The third-order valence-electron chi connectivity index (χ3n) is 16.6. The number of hydrogen-bond donors (Lipinski definition) is 4. The topological polar surface area (TPSA) is 326 Å². The largest absolute Gasteiger partial charge is 0.497 e. The van der Waals surface area contributed by atoms with E-state index >= 15 is 0 Å². The van der Waals surface area contributed by atoms with Crippen LogP contribution < -0.4 is 23.7 Å². The number of ether oxygens (including phenoxy) is 12. The number of aromatic carboxylic acids is 2. The Bertz CT molecular complexity index is 4660. The summed E-state index contributed by atoms with van der Waals surface area (Å²) >= 11 is 17.1. The molecule has 0 amide bonds. The number of aliphatic hydroxyl groups excluding tert-OH is 1. The molecule has 10 aromatic rings. The van der Waals surface area contributed by atoms with Crippen molar-refractivity contribution in [2.24, 2.45) is 0 Å². The zero-order chi connectivity index (χ0) is 75.7. The van der Waals surface area contributed by atoms with E-state index in [-0.39, 0.29) is 49.1 Å². The number of H-pyrrole nitrogens is 1. The number of carboxylic acids is 2. The molecule has 4 aliphatic rings. The highest BCUT2D eigenvalue weighted by molar-refractivity contribution is 9.09. The maximum atomic E-state index is 11.8. The maximum absolute atomic E-state index is 11.8. The number of carbonyl (C=O) groups excluding carboxylic acids is 4. The van der Waals surface area contributed by atoms with E-state index in [1.54, 1.807) is 94.1 Å². The average Bonchev–Trinajstić information content (AvgIpc) is 1.62. The summed E-state index contributed by atoms with van der Waals surface area (Å²) in [7, 11) is 7.95. The molecule has 2 atom stereocenters. The van der Waals surface area contributed by atoms with Gasteiger partial charge in [0.05, 0.1) is 80.6 Å². The number of methoxy groups -OCH3 is 5. The summed E-state index contributed by atoms with van der Waals surface area (Å²) in [6, 6.07) is 34.5. The van der Waals surface area contributed by atoms with Crippen LogP contribution in [0.5, 0.6) is 28.7 Å². The maximum Gasteiger partial charge on any atom is 0.355 e. The third kappa shape index (κ3) is 22.4. The van der Waals surface area contributed by atoms with Crippen molar-refractivity contribution in [1.29, 1.82) is 0 Å². The van der Waals surface area contributed by atoms with Crippen molar-refractivity contribution in [2.45, 2.75) is 84.2 Å². The first-order valence-corrected chi connectivity index (χ1v) is 38.8. The third-order valence-corrected chi connectivity index (χ3v) is 16.9. The Kier molecular flexibility index (Phi) is 31.2. The average molecular weight is 1600 g/mol. The van der Waals surface area contributed by atoms with Gasteiger partial charge in [-0.15, -0.1) is 0 Å². The van der Waals surface area contributed by atoms with Crippen LogP contribution in [0.1, 0.15) is 108 Å². The van der Waals surface area contributed by atoms with Crippen LogP contribution in [0.2, 0.25) is 0 Å². The van der Waals surface area contributed by atoms with Crippen molar-refractivity contribution in [3.8, 4) is 28.7 Å². The van der Waals surface area contributed by atoms with Gasteiger partial charge in [0.15, 0.2) is 18.9 Å². The van der Waals surface area contributed by atoms with Crippen molar-refractivity contribution in [3.05, 3.63) is 149 Å². The monoisotopic (exact) mass is 1600 g/mol. The summed E-state index contributed by atoms with van der Waals surface area (Å²) in [5, 5.41) is 29.4. The zero-order valence-electron chi connectivity index (χ0n) is 58.5. The SMILES string of the molecule is BrCCOC1CCCCO1.CCOC(=O)c1cc2cc(OC)ccc2[nH]1.COc1ccc2c(c1)c(C=O)c1n2CCOC1=O.COc1ccc2c(c1)cc(C(=O)O)n2CCO.COc1ccc2c(c1)cc(C(=O)O)n2CCOC1CCCCO1.COc1ccc2c(c1)cc1n2CCOC1=O.O=P(Cl)(Cl)Cl. The quantitative estimate of drug-likeness (QED) is 0.0192. The number of nitrogens with zero attached hydrogens (tertiary/aromatic N) is 4. The molecule has 0 bridgehead atoms. The Morgan fingerprint density at radius 2 is 1.06 bits per heavy atom. The molecule has 5 aromatic carbocycles. The van der Waals surface area contributed by atoms with Crippen LogP contribution >= 0.6 is 54.9 Å². The molecule has 9 heterocycles. The molecule has 32 heteroatoms. The number of fused-ring (bicyclic) bond motifs is 9. The summed E-state index contributed by atoms with van der Waals surface area (Å²) in [6.07, 6.45) is 7.18. The molecule has 0 saturated carbocycles. The minimum Gasteiger partial charge on any atom is -0.497 e. The predicted molar refractivity (Wildman–Crippen MR) is 400 cm³/mol. The van der Waals surface area contributed by atoms with Gasteiger partial charge >= 0.3 is 35.0 Å². The molecule has 5 aromatic heterocycles. The lowest BCUT2D eigenvalue weighted by Crippen LogP contribution is -2.24. The minimum absolute atomic E-state index is 0.0753. The molecule has 27 nitrogen and oxygen atoms in total. The van der Waals surface area contributed by atoms with E-state index < -0.39 is 23.1 Å². The van der Waals surface area contributed by atoms with E-state index in [4.69, 9.17) is 67.1 Å². The van der Waals surface area contributed by atoms with Crippen LogP contribution in [-0.4, -0.2) is 181 Å². The fraction of sp³-hybridized carbons (Fsp3) is 0.370. The Balaban J connectivity index is 0.000000159. The number of halogens is 4. The molecule has 4 aliphatic heterocycles. The second-order valence-corrected chi connectivity index (χ2v) is 30.5. The first-order valence-electron chi connectivity index (χ1n) is 33.2. The molecular formula is C73H82BrCl3N5O22P. The second kappa shape index (κ2) is 40.1. The highest BCUT2D eigenvalue weighted by Crippen LogP contribution is 2.61. The number of hydrogen-bond acceptors (Lipinski definition) is 20. The fourth-order valence-corrected chi connectivity index (χ4v) is 12.0. The van der Waals surface area contributed by atoms with Crippen LogP contribution in [-0.2, 0) is 63.9 Å². The lowest BCUT2D eigenvalue weighted by atomic mass is 10.1. The number of aldehydes is 1. The Hall–Kier alpha value is -8.80. The summed E-state index contributed by atoms with van der Waals surface area (Å²) in [6.45, 7) is 7.62. The minimum atomic E-state index is -3.22. The normalized spacial score (nSPS) is 15.1. The van der Waals surface area contributed by atoms with Crippen LogP contribution in [0.25, 0.3) is 54.5 Å². The summed E-state index contributed by atoms with van der Waals surface area (Å²) in [4.78, 5) is 71.6. The molecule has 4 N–H and O–H groups in total. The molecule has 0 radical (unpaired) electrons. The Morgan fingerprint density at radius 1 is 0.590 bits per heavy atom. The first kappa shape index (κ1) is 81.9. The molecular weight excluding hydrogens is 1520 g/mol. The molecule has 2 unspecified atom stereocenters. The van der Waals surface area contributed by atoms with Gasteiger partial charge in [-0.2, -0.15) is 0 Å². The van der Waals surface area contributed by atoms with E-state index in [0.29, 0.717) is 85.7 Å². The lowest BCUT2D eigenvalue weighted by molar-refractivity contribution is -0.163. The van der Waals surface area contributed by atoms with Crippen molar-refractivity contribution < 1.29 is 105 Å². The number of alkyl halides is 1. The summed E-state index contributed by atoms with van der Waals surface area (Å²) in [5.74, 6) is 0.613. The van der Waals surface area contributed by atoms with Gasteiger partial charge in [-0.3, -0.25) is 9.36 Å².